The lowest BCUT2D eigenvalue weighted by molar-refractivity contribution is 0.161. The van der Waals surface area contributed by atoms with Crippen LogP contribution >= 0.6 is 0 Å². The number of likely N-dealkylation sites (tertiary alicyclic amines) is 1. The number of rotatable bonds is 4. The number of carbonyl (C=O) groups excluding carboxylic acids is 1. The lowest BCUT2D eigenvalue weighted by Crippen LogP contribution is -2.41. The second-order valence-corrected chi connectivity index (χ2v) is 5.85. The third kappa shape index (κ3) is 3.85. The summed E-state index contributed by atoms with van der Waals surface area (Å²) in [5.74, 6) is 0.805. The van der Waals surface area contributed by atoms with Crippen LogP contribution < -0.4 is 10.1 Å². The fourth-order valence-corrected chi connectivity index (χ4v) is 3.05. The molecule has 0 saturated carbocycles. The van der Waals surface area contributed by atoms with Crippen LogP contribution in [0.2, 0.25) is 0 Å². The highest BCUT2D eigenvalue weighted by Gasteiger charge is 2.28. The van der Waals surface area contributed by atoms with Crippen molar-refractivity contribution in [2.45, 2.75) is 32.2 Å². The molecule has 2 amide bonds. The smallest absolute Gasteiger partial charge is 0.322 e. The van der Waals surface area contributed by atoms with Crippen molar-refractivity contribution in [3.63, 3.8) is 0 Å². The Morgan fingerprint density at radius 3 is 2.79 bits per heavy atom. The number of nitrogens with one attached hydrogen (secondary N) is 1. The maximum absolute atomic E-state index is 12.7. The first-order chi connectivity index (χ1) is 11.8. The van der Waals surface area contributed by atoms with Crippen molar-refractivity contribution in [2.75, 3.05) is 18.5 Å². The first kappa shape index (κ1) is 16.3. The van der Waals surface area contributed by atoms with Crippen LogP contribution in [0.15, 0.2) is 48.7 Å². The van der Waals surface area contributed by atoms with Gasteiger partial charge >= 0.3 is 6.03 Å². The molecule has 126 valence electrons. The third-order valence-corrected chi connectivity index (χ3v) is 4.21. The molecule has 1 saturated heterocycles. The fourth-order valence-electron chi connectivity index (χ4n) is 3.05. The van der Waals surface area contributed by atoms with Crippen LogP contribution in [-0.2, 0) is 0 Å². The second kappa shape index (κ2) is 7.81. The maximum atomic E-state index is 12.7. The van der Waals surface area contributed by atoms with Gasteiger partial charge in [0.2, 0.25) is 0 Å². The molecule has 1 aliphatic rings. The number of piperidine rings is 1. The number of hydrogen-bond acceptors (Lipinski definition) is 3. The molecule has 1 aliphatic heterocycles. The van der Waals surface area contributed by atoms with E-state index in [1.54, 1.807) is 6.20 Å². The van der Waals surface area contributed by atoms with Crippen molar-refractivity contribution in [1.82, 2.24) is 9.88 Å². The summed E-state index contributed by atoms with van der Waals surface area (Å²) < 4.78 is 5.43. The standard InChI is InChI=1S/C19H23N3O2/c1-2-24-16-11-9-15(10-12-16)21-19(23)22-14-6-4-8-18(22)17-7-3-5-13-20-17/h3,5,7,9-13,18H,2,4,6,8,14H2,1H3,(H,21,23)/t18-/m1/s1. The van der Waals surface area contributed by atoms with Crippen molar-refractivity contribution in [1.29, 1.82) is 0 Å². The van der Waals surface area contributed by atoms with E-state index in [9.17, 15) is 4.79 Å². The molecule has 3 rings (SSSR count). The summed E-state index contributed by atoms with van der Waals surface area (Å²) in [6.45, 7) is 3.33. The van der Waals surface area contributed by atoms with Gasteiger partial charge in [0.1, 0.15) is 5.75 Å². The SMILES string of the molecule is CCOc1ccc(NC(=O)N2CCCC[C@@H]2c2ccccn2)cc1. The predicted molar refractivity (Wildman–Crippen MR) is 94.2 cm³/mol. The van der Waals surface area contributed by atoms with Crippen molar-refractivity contribution in [3.8, 4) is 5.75 Å². The van der Waals surface area contributed by atoms with Gasteiger partial charge in [-0.05, 0) is 62.6 Å². The van der Waals surface area contributed by atoms with E-state index in [4.69, 9.17) is 4.74 Å². The van der Waals surface area contributed by atoms with Gasteiger partial charge in [-0.25, -0.2) is 4.79 Å². The number of hydrogen-bond donors (Lipinski definition) is 1. The summed E-state index contributed by atoms with van der Waals surface area (Å²) in [4.78, 5) is 19.0. The molecule has 1 fully saturated rings. The van der Waals surface area contributed by atoms with Gasteiger partial charge in [0.25, 0.3) is 0 Å². The van der Waals surface area contributed by atoms with Gasteiger partial charge in [-0.15, -0.1) is 0 Å². The Balaban J connectivity index is 1.70. The number of anilines is 1. The minimum Gasteiger partial charge on any atom is -0.494 e. The zero-order chi connectivity index (χ0) is 16.8. The number of nitrogens with zero attached hydrogens (tertiary/aromatic N) is 2. The number of benzene rings is 1. The molecule has 1 atom stereocenters. The molecule has 2 aromatic rings. The van der Waals surface area contributed by atoms with Crippen LogP contribution in [-0.4, -0.2) is 29.1 Å². The summed E-state index contributed by atoms with van der Waals surface area (Å²) in [5, 5.41) is 2.98. The quantitative estimate of drug-likeness (QED) is 0.915. The molecule has 0 radical (unpaired) electrons. The highest BCUT2D eigenvalue weighted by molar-refractivity contribution is 5.89. The minimum absolute atomic E-state index is 0.0441. The van der Waals surface area contributed by atoms with Gasteiger partial charge in [0.05, 0.1) is 18.3 Å². The highest BCUT2D eigenvalue weighted by Crippen LogP contribution is 2.30. The van der Waals surface area contributed by atoms with E-state index in [1.807, 2.05) is 54.3 Å². The number of ether oxygens (including phenoxy) is 1. The topological polar surface area (TPSA) is 54.5 Å². The Hall–Kier alpha value is -2.56. The molecule has 5 nitrogen and oxygen atoms in total. The largest absolute Gasteiger partial charge is 0.494 e. The zero-order valence-electron chi connectivity index (χ0n) is 13.9. The van der Waals surface area contributed by atoms with Crippen LogP contribution in [0.3, 0.4) is 0 Å². The van der Waals surface area contributed by atoms with Gasteiger partial charge in [0.15, 0.2) is 0 Å². The molecule has 5 heteroatoms. The van der Waals surface area contributed by atoms with Crippen molar-refractivity contribution in [3.05, 3.63) is 54.4 Å². The van der Waals surface area contributed by atoms with Crippen LogP contribution in [0, 0.1) is 0 Å². The minimum atomic E-state index is -0.0745. The summed E-state index contributed by atoms with van der Waals surface area (Å²) >= 11 is 0. The lowest BCUT2D eigenvalue weighted by Gasteiger charge is -2.35. The first-order valence-electron chi connectivity index (χ1n) is 8.49. The van der Waals surface area contributed by atoms with Crippen LogP contribution in [0.25, 0.3) is 0 Å². The highest BCUT2D eigenvalue weighted by atomic mass is 16.5. The molecule has 0 bridgehead atoms. The van der Waals surface area contributed by atoms with E-state index in [0.29, 0.717) is 6.61 Å². The lowest BCUT2D eigenvalue weighted by atomic mass is 9.99. The monoisotopic (exact) mass is 325 g/mol. The summed E-state index contributed by atoms with van der Waals surface area (Å²) in [7, 11) is 0. The van der Waals surface area contributed by atoms with Crippen LogP contribution in [0.4, 0.5) is 10.5 Å². The molecule has 1 aromatic heterocycles. The Bertz CT molecular complexity index is 658. The van der Waals surface area contributed by atoms with Crippen molar-refractivity contribution >= 4 is 11.7 Å². The molecule has 2 heterocycles. The average Bonchev–Trinajstić information content (AvgIpc) is 2.64. The number of amides is 2. The van der Waals surface area contributed by atoms with Gasteiger partial charge in [-0.2, -0.15) is 0 Å². The summed E-state index contributed by atoms with van der Waals surface area (Å²) in [6.07, 6.45) is 4.88. The Morgan fingerprint density at radius 2 is 2.08 bits per heavy atom. The molecular formula is C19H23N3O2. The number of carbonyl (C=O) groups is 1. The van der Waals surface area contributed by atoms with Gasteiger partial charge < -0.3 is 15.0 Å². The van der Waals surface area contributed by atoms with Crippen LogP contribution in [0.1, 0.15) is 37.9 Å². The normalized spacial score (nSPS) is 17.4. The van der Waals surface area contributed by atoms with E-state index >= 15 is 0 Å². The first-order valence-corrected chi connectivity index (χ1v) is 8.49. The number of pyridine rings is 1. The fraction of sp³-hybridized carbons (Fsp3) is 0.368. The molecular weight excluding hydrogens is 302 g/mol. The molecule has 1 N–H and O–H groups in total. The van der Waals surface area contributed by atoms with Crippen molar-refractivity contribution < 1.29 is 9.53 Å². The molecule has 0 unspecified atom stereocenters. The zero-order valence-corrected chi connectivity index (χ0v) is 13.9. The summed E-state index contributed by atoms with van der Waals surface area (Å²) in [6, 6.07) is 13.3. The molecule has 24 heavy (non-hydrogen) atoms. The van der Waals surface area contributed by atoms with E-state index in [0.717, 1.165) is 42.9 Å². The Labute approximate surface area is 142 Å². The number of urea groups is 1. The second-order valence-electron chi connectivity index (χ2n) is 5.85. The van der Waals surface area contributed by atoms with E-state index in [1.165, 1.54) is 0 Å². The van der Waals surface area contributed by atoms with E-state index < -0.39 is 0 Å². The number of aromatic nitrogens is 1. The van der Waals surface area contributed by atoms with E-state index in [2.05, 4.69) is 10.3 Å². The molecule has 0 aliphatic carbocycles. The Kier molecular flexibility index (Phi) is 5.31. The van der Waals surface area contributed by atoms with Gasteiger partial charge in [0, 0.05) is 18.4 Å². The summed E-state index contributed by atoms with van der Waals surface area (Å²) in [5.41, 5.74) is 1.73. The van der Waals surface area contributed by atoms with Crippen LogP contribution in [0.5, 0.6) is 5.75 Å². The van der Waals surface area contributed by atoms with Gasteiger partial charge in [-0.3, -0.25) is 4.98 Å². The maximum Gasteiger partial charge on any atom is 0.322 e. The Morgan fingerprint density at radius 1 is 1.25 bits per heavy atom. The molecule has 1 aromatic carbocycles. The van der Waals surface area contributed by atoms with Gasteiger partial charge in [-0.1, -0.05) is 6.07 Å². The third-order valence-electron chi connectivity index (χ3n) is 4.21. The van der Waals surface area contributed by atoms with Crippen molar-refractivity contribution in [2.24, 2.45) is 0 Å². The molecule has 0 spiro atoms. The average molecular weight is 325 g/mol. The predicted octanol–water partition coefficient (Wildman–Crippen LogP) is 4.24. The van der Waals surface area contributed by atoms with E-state index in [-0.39, 0.29) is 12.1 Å².